The molecule has 24 heavy (non-hydrogen) atoms. The molecule has 0 bridgehead atoms. The minimum Gasteiger partial charge on any atom is -0.481 e. The van der Waals surface area contributed by atoms with Crippen LogP contribution in [0.1, 0.15) is 75.9 Å². The number of aromatic nitrogens is 2. The Labute approximate surface area is 143 Å². The number of carbonyl (C=O) groups excluding carboxylic acids is 1. The maximum absolute atomic E-state index is 12.6. The molecule has 2 rings (SSSR count). The van der Waals surface area contributed by atoms with E-state index in [-0.39, 0.29) is 18.0 Å². The number of nitrogens with zero attached hydrogens (tertiary/aromatic N) is 2. The van der Waals surface area contributed by atoms with Gasteiger partial charge in [0.2, 0.25) is 0 Å². The Morgan fingerprint density at radius 3 is 2.42 bits per heavy atom. The predicted octanol–water partition coefficient (Wildman–Crippen LogP) is 2.97. The first-order valence-electron chi connectivity index (χ1n) is 8.80. The van der Waals surface area contributed by atoms with E-state index in [1.165, 1.54) is 0 Å². The number of carboxylic acids is 1. The van der Waals surface area contributed by atoms with Crippen LogP contribution in [0.4, 0.5) is 0 Å². The van der Waals surface area contributed by atoms with Crippen LogP contribution in [-0.4, -0.2) is 33.3 Å². The van der Waals surface area contributed by atoms with E-state index in [1.54, 1.807) is 6.20 Å². The van der Waals surface area contributed by atoms with Crippen LogP contribution in [-0.2, 0) is 16.8 Å². The summed E-state index contributed by atoms with van der Waals surface area (Å²) in [6.07, 6.45) is 6.43. The molecule has 0 saturated heterocycles. The van der Waals surface area contributed by atoms with Gasteiger partial charge in [-0.3, -0.25) is 14.3 Å². The average Bonchev–Trinajstić information content (AvgIpc) is 2.97. The Bertz CT molecular complexity index is 608. The number of carbonyl (C=O) groups is 2. The van der Waals surface area contributed by atoms with E-state index in [4.69, 9.17) is 0 Å². The van der Waals surface area contributed by atoms with Gasteiger partial charge in [-0.2, -0.15) is 5.10 Å². The SMILES string of the molecule is CCc1c(C(=O)NCC2(C(=O)O)CCCCC2)cnn1C(C)(C)C. The fraction of sp³-hybridized carbons (Fsp3) is 0.722. The fourth-order valence-electron chi connectivity index (χ4n) is 3.52. The van der Waals surface area contributed by atoms with E-state index in [0.717, 1.165) is 25.0 Å². The molecule has 0 aromatic carbocycles. The van der Waals surface area contributed by atoms with Gasteiger partial charge in [-0.1, -0.05) is 26.2 Å². The number of aliphatic carboxylic acids is 1. The molecule has 1 saturated carbocycles. The lowest BCUT2D eigenvalue weighted by Crippen LogP contribution is -2.44. The van der Waals surface area contributed by atoms with Gasteiger partial charge in [-0.25, -0.2) is 0 Å². The van der Waals surface area contributed by atoms with Gasteiger partial charge in [0, 0.05) is 6.54 Å². The molecule has 1 fully saturated rings. The van der Waals surface area contributed by atoms with E-state index >= 15 is 0 Å². The number of nitrogens with one attached hydrogen (secondary N) is 1. The molecule has 134 valence electrons. The largest absolute Gasteiger partial charge is 0.481 e. The Morgan fingerprint density at radius 1 is 1.29 bits per heavy atom. The molecule has 1 aliphatic carbocycles. The molecule has 6 nitrogen and oxygen atoms in total. The van der Waals surface area contributed by atoms with E-state index in [2.05, 4.69) is 10.4 Å². The number of hydrogen-bond acceptors (Lipinski definition) is 3. The summed E-state index contributed by atoms with van der Waals surface area (Å²) >= 11 is 0. The van der Waals surface area contributed by atoms with Crippen LogP contribution in [0.2, 0.25) is 0 Å². The van der Waals surface area contributed by atoms with Crippen LogP contribution in [0.15, 0.2) is 6.20 Å². The highest BCUT2D eigenvalue weighted by atomic mass is 16.4. The average molecular weight is 335 g/mol. The molecular formula is C18H29N3O3. The number of carboxylic acid groups (broad SMARTS) is 1. The molecule has 0 spiro atoms. The van der Waals surface area contributed by atoms with E-state index < -0.39 is 11.4 Å². The van der Waals surface area contributed by atoms with E-state index in [9.17, 15) is 14.7 Å². The van der Waals surface area contributed by atoms with Gasteiger partial charge in [-0.15, -0.1) is 0 Å². The third kappa shape index (κ3) is 3.62. The Morgan fingerprint density at radius 2 is 1.92 bits per heavy atom. The second-order valence-electron chi connectivity index (χ2n) is 7.77. The zero-order valence-electron chi connectivity index (χ0n) is 15.2. The molecule has 1 amide bonds. The van der Waals surface area contributed by atoms with Crippen molar-refractivity contribution >= 4 is 11.9 Å². The second kappa shape index (κ2) is 6.95. The summed E-state index contributed by atoms with van der Waals surface area (Å²) in [5, 5.41) is 16.8. The summed E-state index contributed by atoms with van der Waals surface area (Å²) in [6, 6.07) is 0. The number of amides is 1. The van der Waals surface area contributed by atoms with E-state index in [0.29, 0.717) is 24.8 Å². The molecule has 0 unspecified atom stereocenters. The van der Waals surface area contributed by atoms with Crippen molar-refractivity contribution in [2.24, 2.45) is 5.41 Å². The third-order valence-electron chi connectivity index (χ3n) is 4.94. The van der Waals surface area contributed by atoms with Crippen molar-refractivity contribution < 1.29 is 14.7 Å². The van der Waals surface area contributed by atoms with Crippen molar-refractivity contribution in [2.45, 2.75) is 71.8 Å². The normalized spacial score (nSPS) is 17.5. The summed E-state index contributed by atoms with van der Waals surface area (Å²) in [5.41, 5.74) is 0.410. The maximum Gasteiger partial charge on any atom is 0.311 e. The summed E-state index contributed by atoms with van der Waals surface area (Å²) in [5.74, 6) is -1.03. The van der Waals surface area contributed by atoms with Gasteiger partial charge in [0.1, 0.15) is 0 Å². The molecule has 1 aromatic heterocycles. The molecular weight excluding hydrogens is 306 g/mol. The van der Waals surface area contributed by atoms with E-state index in [1.807, 2.05) is 32.4 Å². The van der Waals surface area contributed by atoms with Crippen molar-refractivity contribution in [3.05, 3.63) is 17.5 Å². The van der Waals surface area contributed by atoms with Gasteiger partial charge in [0.15, 0.2) is 0 Å². The first-order chi connectivity index (χ1) is 11.2. The zero-order chi connectivity index (χ0) is 18.0. The minimum atomic E-state index is -0.819. The highest BCUT2D eigenvalue weighted by Gasteiger charge is 2.40. The fourth-order valence-corrected chi connectivity index (χ4v) is 3.52. The molecule has 6 heteroatoms. The van der Waals surface area contributed by atoms with Crippen molar-refractivity contribution in [3.63, 3.8) is 0 Å². The Balaban J connectivity index is 2.15. The lowest BCUT2D eigenvalue weighted by atomic mass is 9.74. The molecule has 0 aliphatic heterocycles. The quantitative estimate of drug-likeness (QED) is 0.866. The van der Waals surface area contributed by atoms with Gasteiger partial charge >= 0.3 is 5.97 Å². The zero-order valence-corrected chi connectivity index (χ0v) is 15.2. The van der Waals surface area contributed by atoms with Crippen LogP contribution < -0.4 is 5.32 Å². The minimum absolute atomic E-state index is 0.186. The molecule has 2 N–H and O–H groups in total. The topological polar surface area (TPSA) is 84.2 Å². The molecule has 0 atom stereocenters. The van der Waals surface area contributed by atoms with Crippen molar-refractivity contribution in [1.82, 2.24) is 15.1 Å². The van der Waals surface area contributed by atoms with Crippen molar-refractivity contribution in [1.29, 1.82) is 0 Å². The van der Waals surface area contributed by atoms with Crippen LogP contribution in [0, 0.1) is 5.41 Å². The van der Waals surface area contributed by atoms with Crippen LogP contribution in [0.3, 0.4) is 0 Å². The molecule has 1 aromatic rings. The lowest BCUT2D eigenvalue weighted by molar-refractivity contribution is -0.150. The lowest BCUT2D eigenvalue weighted by Gasteiger charge is -2.33. The monoisotopic (exact) mass is 335 g/mol. The first kappa shape index (κ1) is 18.5. The maximum atomic E-state index is 12.6. The van der Waals surface area contributed by atoms with Crippen LogP contribution in [0.25, 0.3) is 0 Å². The van der Waals surface area contributed by atoms with Crippen LogP contribution >= 0.6 is 0 Å². The van der Waals surface area contributed by atoms with Gasteiger partial charge in [-0.05, 0) is 40.0 Å². The summed E-state index contributed by atoms with van der Waals surface area (Å²) in [7, 11) is 0. The predicted molar refractivity (Wildman–Crippen MR) is 92.1 cm³/mol. The first-order valence-corrected chi connectivity index (χ1v) is 8.80. The highest BCUT2D eigenvalue weighted by Crippen LogP contribution is 2.36. The summed E-state index contributed by atoms with van der Waals surface area (Å²) in [4.78, 5) is 24.3. The van der Waals surface area contributed by atoms with Gasteiger partial charge in [0.05, 0.1) is 28.4 Å². The highest BCUT2D eigenvalue weighted by molar-refractivity contribution is 5.95. The second-order valence-corrected chi connectivity index (χ2v) is 7.77. The van der Waals surface area contributed by atoms with Crippen LogP contribution in [0.5, 0.6) is 0 Å². The summed E-state index contributed by atoms with van der Waals surface area (Å²) in [6.45, 7) is 8.31. The molecule has 1 heterocycles. The summed E-state index contributed by atoms with van der Waals surface area (Å²) < 4.78 is 1.87. The Kier molecular flexibility index (Phi) is 5.35. The van der Waals surface area contributed by atoms with Crippen molar-refractivity contribution in [2.75, 3.05) is 6.54 Å². The number of rotatable bonds is 5. The smallest absolute Gasteiger partial charge is 0.311 e. The van der Waals surface area contributed by atoms with Crippen molar-refractivity contribution in [3.8, 4) is 0 Å². The number of hydrogen-bond donors (Lipinski definition) is 2. The molecule has 0 radical (unpaired) electrons. The third-order valence-corrected chi connectivity index (χ3v) is 4.94. The Hall–Kier alpha value is -1.85. The van der Waals surface area contributed by atoms with Gasteiger partial charge in [0.25, 0.3) is 5.91 Å². The standard InChI is InChI=1S/C18H29N3O3/c1-5-14-13(11-20-21(14)17(2,3)4)15(22)19-12-18(16(23)24)9-7-6-8-10-18/h11H,5-10,12H2,1-4H3,(H,19,22)(H,23,24). The van der Waals surface area contributed by atoms with Gasteiger partial charge < -0.3 is 10.4 Å². The molecule has 1 aliphatic rings.